The lowest BCUT2D eigenvalue weighted by Gasteiger charge is -2.10. The quantitative estimate of drug-likeness (QED) is 0.537. The first kappa shape index (κ1) is 17.6. The molecule has 0 atom stereocenters. The van der Waals surface area contributed by atoms with Gasteiger partial charge in [-0.2, -0.15) is 5.10 Å². The van der Waals surface area contributed by atoms with Gasteiger partial charge >= 0.3 is 0 Å². The summed E-state index contributed by atoms with van der Waals surface area (Å²) in [6.45, 7) is 1.88. The highest BCUT2D eigenvalue weighted by Gasteiger charge is 2.29. The predicted molar refractivity (Wildman–Crippen MR) is 110 cm³/mol. The average molecular weight is 386 g/mol. The van der Waals surface area contributed by atoms with Gasteiger partial charge in [0.1, 0.15) is 5.82 Å². The number of aromatic nitrogens is 3. The molecule has 1 fully saturated rings. The molecule has 0 unspecified atom stereocenters. The number of nitrogens with one attached hydrogen (secondary N) is 1. The fourth-order valence-corrected chi connectivity index (χ4v) is 3.56. The molecule has 0 saturated heterocycles. The summed E-state index contributed by atoms with van der Waals surface area (Å²) in [7, 11) is 0. The molecular weight excluding hydrogens is 367 g/mol. The Morgan fingerprint density at radius 2 is 1.83 bits per heavy atom. The SMILES string of the molecule is Cc1nn(-c2ccccc2)c2nc(C3CC3)cc(C(=O)Nc3ccc(F)cc3)c12. The highest BCUT2D eigenvalue weighted by Crippen LogP contribution is 2.40. The topological polar surface area (TPSA) is 59.8 Å². The Labute approximate surface area is 167 Å². The van der Waals surface area contributed by atoms with E-state index >= 15 is 0 Å². The Kier molecular flexibility index (Phi) is 4.12. The van der Waals surface area contributed by atoms with E-state index in [4.69, 9.17) is 4.98 Å². The minimum absolute atomic E-state index is 0.249. The molecule has 1 N–H and O–H groups in total. The average Bonchev–Trinajstić information content (AvgIpc) is 3.54. The predicted octanol–water partition coefficient (Wildman–Crippen LogP) is 5.00. The van der Waals surface area contributed by atoms with Crippen LogP contribution in [0.2, 0.25) is 0 Å². The van der Waals surface area contributed by atoms with E-state index in [1.807, 2.05) is 43.3 Å². The molecule has 2 heterocycles. The summed E-state index contributed by atoms with van der Waals surface area (Å²) in [6.07, 6.45) is 2.16. The zero-order valence-electron chi connectivity index (χ0n) is 15.9. The number of carbonyl (C=O) groups excluding carboxylic acids is 1. The third kappa shape index (κ3) is 3.27. The number of nitrogens with zero attached hydrogens (tertiary/aromatic N) is 3. The van der Waals surface area contributed by atoms with Crippen molar-refractivity contribution in [2.45, 2.75) is 25.7 Å². The number of benzene rings is 2. The van der Waals surface area contributed by atoms with Crippen LogP contribution in [0.5, 0.6) is 0 Å². The molecule has 5 rings (SSSR count). The van der Waals surface area contributed by atoms with E-state index in [-0.39, 0.29) is 11.7 Å². The second-order valence-electron chi connectivity index (χ2n) is 7.36. The summed E-state index contributed by atoms with van der Waals surface area (Å²) in [5.74, 6) is -0.205. The van der Waals surface area contributed by atoms with Gasteiger partial charge < -0.3 is 5.32 Å². The van der Waals surface area contributed by atoms with Gasteiger partial charge in [-0.25, -0.2) is 14.1 Å². The number of anilines is 1. The summed E-state index contributed by atoms with van der Waals surface area (Å²) in [5, 5.41) is 8.27. The summed E-state index contributed by atoms with van der Waals surface area (Å²) in [4.78, 5) is 18.0. The van der Waals surface area contributed by atoms with Crippen molar-refractivity contribution in [3.8, 4) is 5.69 Å². The molecule has 1 amide bonds. The van der Waals surface area contributed by atoms with Crippen LogP contribution in [0.3, 0.4) is 0 Å². The maximum Gasteiger partial charge on any atom is 0.256 e. The van der Waals surface area contributed by atoms with Gasteiger partial charge in [0.05, 0.1) is 22.3 Å². The molecule has 144 valence electrons. The highest BCUT2D eigenvalue weighted by atomic mass is 19.1. The summed E-state index contributed by atoms with van der Waals surface area (Å²) in [5.41, 5.74) is 4.32. The van der Waals surface area contributed by atoms with Crippen molar-refractivity contribution < 1.29 is 9.18 Å². The molecule has 5 nitrogen and oxygen atoms in total. The van der Waals surface area contributed by atoms with Crippen molar-refractivity contribution in [2.24, 2.45) is 0 Å². The third-order valence-corrected chi connectivity index (χ3v) is 5.18. The van der Waals surface area contributed by atoms with Gasteiger partial charge in [-0.3, -0.25) is 4.79 Å². The van der Waals surface area contributed by atoms with Gasteiger partial charge in [0.25, 0.3) is 5.91 Å². The first-order valence-electron chi connectivity index (χ1n) is 9.63. The number of aryl methyl sites for hydroxylation is 1. The molecule has 2 aromatic heterocycles. The maximum absolute atomic E-state index is 13.2. The molecule has 0 aliphatic heterocycles. The molecule has 2 aromatic carbocycles. The van der Waals surface area contributed by atoms with Crippen molar-refractivity contribution in [1.82, 2.24) is 14.8 Å². The number of pyridine rings is 1. The Morgan fingerprint density at radius 3 is 2.52 bits per heavy atom. The second-order valence-corrected chi connectivity index (χ2v) is 7.36. The van der Waals surface area contributed by atoms with Crippen LogP contribution in [-0.4, -0.2) is 20.7 Å². The number of para-hydroxylation sites is 1. The Bertz CT molecular complexity index is 1210. The molecule has 29 heavy (non-hydrogen) atoms. The van der Waals surface area contributed by atoms with Gasteiger partial charge in [-0.1, -0.05) is 18.2 Å². The van der Waals surface area contributed by atoms with E-state index in [0.717, 1.165) is 35.3 Å². The van der Waals surface area contributed by atoms with Crippen LogP contribution in [0.25, 0.3) is 16.7 Å². The first-order valence-corrected chi connectivity index (χ1v) is 9.63. The lowest BCUT2D eigenvalue weighted by Crippen LogP contribution is -2.13. The zero-order chi connectivity index (χ0) is 20.0. The molecule has 6 heteroatoms. The normalized spacial score (nSPS) is 13.6. The van der Waals surface area contributed by atoms with Crippen LogP contribution in [0.15, 0.2) is 60.7 Å². The van der Waals surface area contributed by atoms with E-state index in [1.165, 1.54) is 12.1 Å². The summed E-state index contributed by atoms with van der Waals surface area (Å²) in [6, 6.07) is 17.4. The number of rotatable bonds is 4. The number of hydrogen-bond acceptors (Lipinski definition) is 3. The van der Waals surface area contributed by atoms with Crippen LogP contribution < -0.4 is 5.32 Å². The second kappa shape index (κ2) is 6.81. The smallest absolute Gasteiger partial charge is 0.256 e. The molecule has 4 aromatic rings. The number of halogens is 1. The lowest BCUT2D eigenvalue weighted by molar-refractivity contribution is 0.102. The Morgan fingerprint density at radius 1 is 1.10 bits per heavy atom. The zero-order valence-corrected chi connectivity index (χ0v) is 15.9. The van der Waals surface area contributed by atoms with Crippen molar-refractivity contribution in [1.29, 1.82) is 0 Å². The van der Waals surface area contributed by atoms with E-state index < -0.39 is 0 Å². The monoisotopic (exact) mass is 386 g/mol. The molecular formula is C23H19FN4O. The molecule has 0 spiro atoms. The Balaban J connectivity index is 1.65. The van der Waals surface area contributed by atoms with Crippen molar-refractivity contribution >= 4 is 22.6 Å². The lowest BCUT2D eigenvalue weighted by atomic mass is 10.1. The van der Waals surface area contributed by atoms with Gasteiger partial charge in [0.2, 0.25) is 0 Å². The number of carbonyl (C=O) groups is 1. The van der Waals surface area contributed by atoms with Gasteiger partial charge in [0.15, 0.2) is 5.65 Å². The molecule has 1 aliphatic carbocycles. The number of hydrogen-bond donors (Lipinski definition) is 1. The van der Waals surface area contributed by atoms with Gasteiger partial charge in [-0.15, -0.1) is 0 Å². The third-order valence-electron chi connectivity index (χ3n) is 5.18. The largest absolute Gasteiger partial charge is 0.322 e. The number of amides is 1. The van der Waals surface area contributed by atoms with Crippen LogP contribution in [0.1, 0.15) is 40.5 Å². The van der Waals surface area contributed by atoms with Crippen molar-refractivity contribution in [3.05, 3.63) is 83.4 Å². The summed E-state index contributed by atoms with van der Waals surface area (Å²) >= 11 is 0. The number of fused-ring (bicyclic) bond motifs is 1. The van der Waals surface area contributed by atoms with Crippen molar-refractivity contribution in [3.63, 3.8) is 0 Å². The minimum Gasteiger partial charge on any atom is -0.322 e. The molecule has 0 bridgehead atoms. The maximum atomic E-state index is 13.2. The highest BCUT2D eigenvalue weighted by molar-refractivity contribution is 6.12. The Hall–Kier alpha value is -3.54. The van der Waals surface area contributed by atoms with Gasteiger partial charge in [-0.05, 0) is 62.2 Å². The van der Waals surface area contributed by atoms with Crippen LogP contribution in [0.4, 0.5) is 10.1 Å². The van der Waals surface area contributed by atoms with E-state index in [0.29, 0.717) is 22.8 Å². The van der Waals surface area contributed by atoms with Gasteiger partial charge in [0, 0.05) is 17.3 Å². The molecule has 1 saturated carbocycles. The van der Waals surface area contributed by atoms with E-state index in [1.54, 1.807) is 16.8 Å². The van der Waals surface area contributed by atoms with Crippen molar-refractivity contribution in [2.75, 3.05) is 5.32 Å². The van der Waals surface area contributed by atoms with Crippen LogP contribution >= 0.6 is 0 Å². The fraction of sp³-hybridized carbons (Fsp3) is 0.174. The molecule has 0 radical (unpaired) electrons. The summed E-state index contributed by atoms with van der Waals surface area (Å²) < 4.78 is 15.0. The van der Waals surface area contributed by atoms with Crippen LogP contribution in [0, 0.1) is 12.7 Å². The van der Waals surface area contributed by atoms with E-state index in [2.05, 4.69) is 10.4 Å². The molecule has 1 aliphatic rings. The standard InChI is InChI=1S/C23H19FN4O/c1-14-21-19(23(29)25-17-11-9-16(24)10-12-17)13-20(15-7-8-15)26-22(21)28(27-14)18-5-3-2-4-6-18/h2-6,9-13,15H,7-8H2,1H3,(H,25,29). The van der Waals surface area contributed by atoms with E-state index in [9.17, 15) is 9.18 Å². The first-order chi connectivity index (χ1) is 14.1. The van der Waals surface area contributed by atoms with Crippen LogP contribution in [-0.2, 0) is 0 Å². The minimum atomic E-state index is -0.342. The fourth-order valence-electron chi connectivity index (χ4n) is 3.56.